The van der Waals surface area contributed by atoms with Crippen molar-refractivity contribution < 1.29 is 30.3 Å². The maximum atomic E-state index is 10.1. The average molecular weight is 224 g/mol. The minimum atomic E-state index is -2.32. The summed E-state index contributed by atoms with van der Waals surface area (Å²) in [6.07, 6.45) is -7.86. The van der Waals surface area contributed by atoms with E-state index in [2.05, 4.69) is 0 Å². The van der Waals surface area contributed by atoms with Gasteiger partial charge in [-0.25, -0.2) is 0 Å². The lowest BCUT2D eigenvalue weighted by Crippen LogP contribution is -2.63. The molecule has 0 heterocycles. The SMILES string of the molecule is NCC(N)(O)C(O)C(O)C(O)C(O)C=O. The highest BCUT2D eigenvalue weighted by molar-refractivity contribution is 5.56. The van der Waals surface area contributed by atoms with Crippen molar-refractivity contribution in [1.82, 2.24) is 0 Å². The molecule has 9 N–H and O–H groups in total. The second kappa shape index (κ2) is 5.47. The van der Waals surface area contributed by atoms with Crippen LogP contribution in [0.2, 0.25) is 0 Å². The number of carbonyl (C=O) groups excluding carboxylic acids is 1. The Bertz CT molecular complexity index is 212. The molecule has 0 aliphatic carbocycles. The Labute approximate surface area is 85.7 Å². The van der Waals surface area contributed by atoms with Crippen LogP contribution in [-0.2, 0) is 4.79 Å². The minimum absolute atomic E-state index is 0.0291. The van der Waals surface area contributed by atoms with E-state index in [0.29, 0.717) is 0 Å². The fraction of sp³-hybridized carbons (Fsp3) is 0.857. The Morgan fingerprint density at radius 1 is 1.20 bits per heavy atom. The smallest absolute Gasteiger partial charge is 0.154 e. The van der Waals surface area contributed by atoms with E-state index in [0.717, 1.165) is 0 Å². The summed E-state index contributed by atoms with van der Waals surface area (Å²) in [5.41, 5.74) is 7.76. The second-order valence-electron chi connectivity index (χ2n) is 3.25. The molecule has 0 aliphatic rings. The van der Waals surface area contributed by atoms with Crippen molar-refractivity contribution in [1.29, 1.82) is 0 Å². The van der Waals surface area contributed by atoms with Crippen LogP contribution in [0.3, 0.4) is 0 Å². The van der Waals surface area contributed by atoms with Gasteiger partial charge in [-0.3, -0.25) is 0 Å². The molecule has 0 spiro atoms. The van der Waals surface area contributed by atoms with Crippen molar-refractivity contribution in [2.75, 3.05) is 6.54 Å². The summed E-state index contributed by atoms with van der Waals surface area (Å²) in [5.74, 6) is 0. The van der Waals surface area contributed by atoms with Crippen LogP contribution in [0.5, 0.6) is 0 Å². The molecule has 0 aromatic rings. The van der Waals surface area contributed by atoms with E-state index >= 15 is 0 Å². The Kier molecular flexibility index (Phi) is 5.24. The lowest BCUT2D eigenvalue weighted by atomic mass is 9.96. The van der Waals surface area contributed by atoms with Crippen molar-refractivity contribution >= 4 is 6.29 Å². The first-order chi connectivity index (χ1) is 6.77. The lowest BCUT2D eigenvalue weighted by molar-refractivity contribution is -0.165. The van der Waals surface area contributed by atoms with Gasteiger partial charge in [0.1, 0.15) is 24.4 Å². The number of aliphatic hydroxyl groups is 5. The van der Waals surface area contributed by atoms with Crippen LogP contribution in [0.15, 0.2) is 0 Å². The van der Waals surface area contributed by atoms with E-state index in [4.69, 9.17) is 21.7 Å². The van der Waals surface area contributed by atoms with Crippen molar-refractivity contribution in [2.45, 2.75) is 30.1 Å². The first-order valence-electron chi connectivity index (χ1n) is 4.16. The molecule has 0 saturated heterocycles. The monoisotopic (exact) mass is 224 g/mol. The molecule has 5 unspecified atom stereocenters. The zero-order valence-electron chi connectivity index (χ0n) is 7.89. The molecule has 8 nitrogen and oxygen atoms in total. The predicted octanol–water partition coefficient (Wildman–Crippen LogP) is -4.77. The molecule has 8 heteroatoms. The number of nitrogens with two attached hydrogens (primary N) is 2. The second-order valence-corrected chi connectivity index (χ2v) is 3.25. The maximum Gasteiger partial charge on any atom is 0.154 e. The highest BCUT2D eigenvalue weighted by Crippen LogP contribution is 2.11. The van der Waals surface area contributed by atoms with E-state index in [9.17, 15) is 20.1 Å². The summed E-state index contributed by atoms with van der Waals surface area (Å²) in [7, 11) is 0. The van der Waals surface area contributed by atoms with Gasteiger partial charge in [0, 0.05) is 6.54 Å². The molecule has 0 fully saturated rings. The molecule has 0 rings (SSSR count). The summed E-state index contributed by atoms with van der Waals surface area (Å²) >= 11 is 0. The van der Waals surface area contributed by atoms with Crippen molar-refractivity contribution in [2.24, 2.45) is 11.5 Å². The van der Waals surface area contributed by atoms with Gasteiger partial charge >= 0.3 is 0 Å². The zero-order valence-corrected chi connectivity index (χ0v) is 7.89. The topological polar surface area (TPSA) is 170 Å². The van der Waals surface area contributed by atoms with Gasteiger partial charge in [-0.1, -0.05) is 0 Å². The van der Waals surface area contributed by atoms with E-state index in [1.54, 1.807) is 0 Å². The van der Waals surface area contributed by atoms with Crippen LogP contribution >= 0.6 is 0 Å². The van der Waals surface area contributed by atoms with Gasteiger partial charge < -0.3 is 41.8 Å². The summed E-state index contributed by atoms with van der Waals surface area (Å²) in [6, 6.07) is 0. The Morgan fingerprint density at radius 2 is 1.67 bits per heavy atom. The summed E-state index contributed by atoms with van der Waals surface area (Å²) in [4.78, 5) is 10.1. The Morgan fingerprint density at radius 3 is 2.00 bits per heavy atom. The first kappa shape index (κ1) is 14.4. The number of aldehydes is 1. The zero-order chi connectivity index (χ0) is 12.2. The average Bonchev–Trinajstić information content (AvgIpc) is 2.24. The van der Waals surface area contributed by atoms with Gasteiger partial charge in [-0.05, 0) is 0 Å². The van der Waals surface area contributed by atoms with E-state index in [-0.39, 0.29) is 6.29 Å². The molecule has 0 aliphatic heterocycles. The highest BCUT2D eigenvalue weighted by atomic mass is 16.4. The minimum Gasteiger partial charge on any atom is -0.387 e. The Balaban J connectivity index is 4.56. The molecule has 0 aromatic heterocycles. The molecular formula is C7H16N2O6. The number of hydrogen-bond acceptors (Lipinski definition) is 8. The largest absolute Gasteiger partial charge is 0.387 e. The highest BCUT2D eigenvalue weighted by Gasteiger charge is 2.40. The van der Waals surface area contributed by atoms with Crippen LogP contribution in [0.25, 0.3) is 0 Å². The van der Waals surface area contributed by atoms with Crippen molar-refractivity contribution in [3.63, 3.8) is 0 Å². The quantitative estimate of drug-likeness (QED) is 0.174. The van der Waals surface area contributed by atoms with Crippen molar-refractivity contribution in [3.8, 4) is 0 Å². The van der Waals surface area contributed by atoms with Gasteiger partial charge in [-0.2, -0.15) is 0 Å². The van der Waals surface area contributed by atoms with Gasteiger partial charge in [0.05, 0.1) is 0 Å². The van der Waals surface area contributed by atoms with Crippen LogP contribution in [0.4, 0.5) is 0 Å². The van der Waals surface area contributed by atoms with Gasteiger partial charge in [-0.15, -0.1) is 0 Å². The third kappa shape index (κ3) is 3.47. The van der Waals surface area contributed by atoms with Crippen LogP contribution in [0.1, 0.15) is 0 Å². The molecule has 0 bridgehead atoms. The van der Waals surface area contributed by atoms with E-state index < -0.39 is 36.7 Å². The molecule has 90 valence electrons. The molecule has 5 atom stereocenters. The standard InChI is InChI=1S/C7H16N2O6/c8-2-7(9,15)6(14)5(13)4(12)3(11)1-10/h1,3-6,11-15H,2,8-9H2. The lowest BCUT2D eigenvalue weighted by Gasteiger charge is -2.33. The molecule has 0 radical (unpaired) electrons. The number of aliphatic hydroxyl groups excluding tert-OH is 4. The van der Waals surface area contributed by atoms with Crippen LogP contribution in [0, 0.1) is 0 Å². The molecule has 0 amide bonds. The van der Waals surface area contributed by atoms with Gasteiger partial charge in [0.2, 0.25) is 0 Å². The number of hydrogen-bond donors (Lipinski definition) is 7. The normalized spacial score (nSPS) is 23.7. The van der Waals surface area contributed by atoms with Gasteiger partial charge in [0.25, 0.3) is 0 Å². The molecular weight excluding hydrogens is 208 g/mol. The number of rotatable bonds is 6. The first-order valence-corrected chi connectivity index (χ1v) is 4.16. The predicted molar refractivity (Wildman–Crippen MR) is 48.3 cm³/mol. The van der Waals surface area contributed by atoms with Crippen molar-refractivity contribution in [3.05, 3.63) is 0 Å². The number of carbonyl (C=O) groups is 1. The third-order valence-electron chi connectivity index (χ3n) is 2.00. The van der Waals surface area contributed by atoms with Gasteiger partial charge in [0.15, 0.2) is 12.0 Å². The molecule has 15 heavy (non-hydrogen) atoms. The van der Waals surface area contributed by atoms with E-state index in [1.165, 1.54) is 0 Å². The molecule has 0 aromatic carbocycles. The van der Waals surface area contributed by atoms with Crippen LogP contribution in [-0.4, -0.2) is 68.5 Å². The summed E-state index contributed by atoms with van der Waals surface area (Å²) < 4.78 is 0. The fourth-order valence-corrected chi connectivity index (χ4v) is 0.886. The third-order valence-corrected chi connectivity index (χ3v) is 2.00. The Hall–Kier alpha value is -0.610. The van der Waals surface area contributed by atoms with Crippen LogP contribution < -0.4 is 11.5 Å². The molecule has 0 saturated carbocycles. The summed E-state index contributed by atoms with van der Waals surface area (Å²) in [6.45, 7) is -0.574. The van der Waals surface area contributed by atoms with E-state index in [1.807, 2.05) is 0 Å². The summed E-state index contributed by atoms with van der Waals surface area (Å²) in [5, 5.41) is 45.7. The fourth-order valence-electron chi connectivity index (χ4n) is 0.886. The maximum absolute atomic E-state index is 10.1.